The molecule has 0 saturated carbocycles. The normalized spacial score (nSPS) is 15.5. The molecular weight excluding hydrogens is 655 g/mol. The maximum absolute atomic E-state index is 16.5. The van der Waals surface area contributed by atoms with Crippen LogP contribution in [0.15, 0.2) is 46.5 Å². The summed E-state index contributed by atoms with van der Waals surface area (Å²) in [6.07, 6.45) is 5.18. The van der Waals surface area contributed by atoms with Gasteiger partial charge in [0.2, 0.25) is 5.91 Å². The van der Waals surface area contributed by atoms with E-state index in [2.05, 4.69) is 20.0 Å². The van der Waals surface area contributed by atoms with Crippen LogP contribution in [0.4, 0.5) is 14.9 Å². The lowest BCUT2D eigenvalue weighted by molar-refractivity contribution is -0.130. The second kappa shape index (κ2) is 15.7. The first-order valence-electron chi connectivity index (χ1n) is 17.0. The third-order valence-corrected chi connectivity index (χ3v) is 8.82. The van der Waals surface area contributed by atoms with E-state index in [0.29, 0.717) is 72.5 Å². The monoisotopic (exact) mass is 702 g/mol. The first kappa shape index (κ1) is 36.9. The molecule has 0 spiro atoms. The molecule has 3 heterocycles. The number of methoxy groups -OCH3 is 1. The molecule has 1 fully saturated rings. The van der Waals surface area contributed by atoms with Crippen molar-refractivity contribution in [2.24, 2.45) is 15.9 Å². The zero-order valence-electron chi connectivity index (χ0n) is 30.2. The molecule has 13 nitrogen and oxygen atoms in total. The number of aromatic amines is 1. The summed E-state index contributed by atoms with van der Waals surface area (Å²) < 4.78 is 28.0. The fourth-order valence-corrected chi connectivity index (χ4v) is 6.28. The number of aliphatic imine (C=N–C) groups is 1. The van der Waals surface area contributed by atoms with E-state index < -0.39 is 11.4 Å². The molecular formula is C37H47FN8O5. The zero-order valence-corrected chi connectivity index (χ0v) is 30.2. The minimum Gasteiger partial charge on any atom is -0.496 e. The molecule has 272 valence electrons. The van der Waals surface area contributed by atoms with Gasteiger partial charge in [-0.15, -0.1) is 0 Å². The third kappa shape index (κ3) is 8.50. The number of hydrazone groups is 1. The van der Waals surface area contributed by atoms with Gasteiger partial charge < -0.3 is 39.9 Å². The molecule has 0 aliphatic carbocycles. The van der Waals surface area contributed by atoms with E-state index in [0.717, 1.165) is 5.69 Å². The molecule has 5 rings (SSSR count). The molecule has 2 aliphatic heterocycles. The highest BCUT2D eigenvalue weighted by molar-refractivity contribution is 6.15. The average Bonchev–Trinajstić information content (AvgIpc) is 3.57. The number of carbonyl (C=O) groups is 3. The number of H-pyrrole nitrogens is 1. The standard InChI is InChI=1S/C37H47FN8O5/c1-37(2,3)51-36(49)45-18-16-44(17-19-45)25-9-10-26(31(20-25)50-6)28-21-27(33(38)34-29(28)22-30(42-34)35(48)43(4)5)24-8-7-15-46(23-24)32(47)11-12-40-13-14-41-39/h8-10,13-14,20-22,42H,7,11-12,15-19,23,39H2,1-6H3/b40-13?,41-14-. The Labute approximate surface area is 297 Å². The lowest BCUT2D eigenvalue weighted by atomic mass is 9.92. The highest BCUT2D eigenvalue weighted by Gasteiger charge is 2.28. The Morgan fingerprint density at radius 1 is 1.00 bits per heavy atom. The fourth-order valence-electron chi connectivity index (χ4n) is 6.28. The fraction of sp³-hybridized carbons (Fsp3) is 0.432. The van der Waals surface area contributed by atoms with Gasteiger partial charge in [-0.05, 0) is 62.6 Å². The molecule has 0 bridgehead atoms. The van der Waals surface area contributed by atoms with Crippen molar-refractivity contribution in [2.75, 3.05) is 71.9 Å². The van der Waals surface area contributed by atoms with Crippen LogP contribution in [0, 0.1) is 5.82 Å². The summed E-state index contributed by atoms with van der Waals surface area (Å²) >= 11 is 0. The second-order valence-electron chi connectivity index (χ2n) is 13.7. The molecule has 3 N–H and O–H groups in total. The number of fused-ring (bicyclic) bond motifs is 1. The lowest BCUT2D eigenvalue weighted by Gasteiger charge is -2.37. The summed E-state index contributed by atoms with van der Waals surface area (Å²) in [5.41, 5.74) is 3.19. The lowest BCUT2D eigenvalue weighted by Crippen LogP contribution is -2.50. The van der Waals surface area contributed by atoms with Gasteiger partial charge in [0.05, 0.1) is 18.8 Å². The number of amides is 3. The number of hydrogen-bond acceptors (Lipinski definition) is 9. The Kier molecular flexibility index (Phi) is 11.3. The van der Waals surface area contributed by atoms with Gasteiger partial charge in [0.1, 0.15) is 17.0 Å². The molecule has 2 aromatic carbocycles. The number of ether oxygens (including phenoxy) is 2. The number of piperazine rings is 1. The predicted octanol–water partition coefficient (Wildman–Crippen LogP) is 4.76. The van der Waals surface area contributed by atoms with Gasteiger partial charge in [-0.3, -0.25) is 14.6 Å². The first-order chi connectivity index (χ1) is 24.3. The van der Waals surface area contributed by atoms with E-state index in [1.807, 2.05) is 45.0 Å². The molecule has 0 atom stereocenters. The van der Waals surface area contributed by atoms with Crippen LogP contribution in [0.5, 0.6) is 5.75 Å². The Balaban J connectivity index is 1.48. The Morgan fingerprint density at radius 2 is 1.75 bits per heavy atom. The zero-order chi connectivity index (χ0) is 36.9. The predicted molar refractivity (Wildman–Crippen MR) is 198 cm³/mol. The van der Waals surface area contributed by atoms with Crippen molar-refractivity contribution in [3.8, 4) is 16.9 Å². The van der Waals surface area contributed by atoms with Crippen LogP contribution in [-0.2, 0) is 9.53 Å². The number of aromatic nitrogens is 1. The van der Waals surface area contributed by atoms with E-state index in [1.54, 1.807) is 43.1 Å². The van der Waals surface area contributed by atoms with Crippen molar-refractivity contribution in [1.82, 2.24) is 19.7 Å². The number of nitrogens with two attached hydrogens (primary N) is 1. The van der Waals surface area contributed by atoms with Crippen LogP contribution in [0.3, 0.4) is 0 Å². The molecule has 51 heavy (non-hydrogen) atoms. The smallest absolute Gasteiger partial charge is 0.410 e. The van der Waals surface area contributed by atoms with Crippen molar-refractivity contribution in [3.63, 3.8) is 0 Å². The molecule has 0 radical (unpaired) electrons. The van der Waals surface area contributed by atoms with E-state index in [1.165, 1.54) is 17.3 Å². The SMILES string of the molecule is COc1cc(N2CCN(C(=O)OC(C)(C)C)CC2)ccc1-c1cc(C2=CCCN(C(=O)CCN=C/C=N\N)C2)c(F)c2[nH]c(C(=O)N(C)C)cc12. The maximum atomic E-state index is 16.5. The van der Waals surface area contributed by atoms with Gasteiger partial charge in [0, 0.05) is 101 Å². The minimum atomic E-state index is -0.566. The van der Waals surface area contributed by atoms with E-state index in [9.17, 15) is 14.4 Å². The Hall–Kier alpha value is -5.40. The van der Waals surface area contributed by atoms with Gasteiger partial charge in [-0.25, -0.2) is 9.18 Å². The molecule has 2 aliphatic rings. The molecule has 1 saturated heterocycles. The minimum absolute atomic E-state index is 0.0907. The summed E-state index contributed by atoms with van der Waals surface area (Å²) in [4.78, 5) is 52.9. The second-order valence-corrected chi connectivity index (χ2v) is 13.7. The van der Waals surface area contributed by atoms with Crippen LogP contribution in [0.2, 0.25) is 0 Å². The van der Waals surface area contributed by atoms with Crippen LogP contribution in [0.25, 0.3) is 27.6 Å². The topological polar surface area (TPSA) is 149 Å². The van der Waals surface area contributed by atoms with Gasteiger partial charge in [0.25, 0.3) is 5.91 Å². The summed E-state index contributed by atoms with van der Waals surface area (Å²) in [6, 6.07) is 9.31. The highest BCUT2D eigenvalue weighted by Crippen LogP contribution is 2.41. The summed E-state index contributed by atoms with van der Waals surface area (Å²) in [7, 11) is 4.87. The molecule has 0 unspecified atom stereocenters. The summed E-state index contributed by atoms with van der Waals surface area (Å²) in [5.74, 6) is 4.77. The van der Waals surface area contributed by atoms with Crippen molar-refractivity contribution in [3.05, 3.63) is 53.5 Å². The first-order valence-corrected chi connectivity index (χ1v) is 17.0. The number of anilines is 1. The van der Waals surface area contributed by atoms with Crippen LogP contribution < -0.4 is 15.5 Å². The number of carbonyl (C=O) groups excluding carboxylic acids is 3. The van der Waals surface area contributed by atoms with E-state index >= 15 is 4.39 Å². The van der Waals surface area contributed by atoms with Crippen LogP contribution >= 0.6 is 0 Å². The number of hydrogen-bond donors (Lipinski definition) is 2. The third-order valence-electron chi connectivity index (χ3n) is 8.82. The largest absolute Gasteiger partial charge is 0.496 e. The van der Waals surface area contributed by atoms with Gasteiger partial charge in [-0.2, -0.15) is 5.10 Å². The van der Waals surface area contributed by atoms with Crippen molar-refractivity contribution in [1.29, 1.82) is 0 Å². The highest BCUT2D eigenvalue weighted by atomic mass is 19.1. The number of rotatable bonds is 9. The van der Waals surface area contributed by atoms with E-state index in [-0.39, 0.29) is 48.6 Å². The van der Waals surface area contributed by atoms with E-state index in [4.69, 9.17) is 15.3 Å². The Morgan fingerprint density at radius 3 is 2.41 bits per heavy atom. The van der Waals surface area contributed by atoms with Gasteiger partial charge in [0.15, 0.2) is 5.82 Å². The van der Waals surface area contributed by atoms with Crippen LogP contribution in [0.1, 0.15) is 49.7 Å². The van der Waals surface area contributed by atoms with Gasteiger partial charge >= 0.3 is 6.09 Å². The molecule has 14 heteroatoms. The van der Waals surface area contributed by atoms with Crippen molar-refractivity contribution < 1.29 is 28.2 Å². The van der Waals surface area contributed by atoms with Gasteiger partial charge in [-0.1, -0.05) is 6.08 Å². The molecule has 1 aromatic heterocycles. The quantitative estimate of drug-likeness (QED) is 0.186. The number of nitrogens with one attached hydrogen (secondary N) is 1. The molecule has 3 amide bonds. The average molecular weight is 703 g/mol. The molecule has 3 aromatic rings. The Bertz CT molecular complexity index is 1870. The van der Waals surface area contributed by atoms with Crippen molar-refractivity contribution >= 4 is 52.5 Å². The summed E-state index contributed by atoms with van der Waals surface area (Å²) in [5, 5.41) is 3.88. The number of nitrogens with zero attached hydrogens (tertiary/aromatic N) is 6. The number of benzene rings is 2. The summed E-state index contributed by atoms with van der Waals surface area (Å²) in [6.45, 7) is 8.82. The number of halogens is 1. The van der Waals surface area contributed by atoms with Crippen molar-refractivity contribution in [2.45, 2.75) is 39.2 Å². The van der Waals surface area contributed by atoms with Crippen LogP contribution in [-0.4, -0.2) is 123 Å². The maximum Gasteiger partial charge on any atom is 0.410 e.